The van der Waals surface area contributed by atoms with E-state index in [1.54, 1.807) is 13.2 Å². The van der Waals surface area contributed by atoms with Crippen LogP contribution in [-0.4, -0.2) is 37.2 Å². The number of rotatable bonds is 8. The molecule has 0 bridgehead atoms. The predicted molar refractivity (Wildman–Crippen MR) is 110 cm³/mol. The summed E-state index contributed by atoms with van der Waals surface area (Å²) in [5, 5.41) is 6.09. The molecule has 1 atom stereocenters. The number of fused-ring (bicyclic) bond motifs is 1. The summed E-state index contributed by atoms with van der Waals surface area (Å²) in [6.45, 7) is 5.57. The van der Waals surface area contributed by atoms with Gasteiger partial charge in [-0.15, -0.1) is 0 Å². The fourth-order valence-electron chi connectivity index (χ4n) is 3.42. The van der Waals surface area contributed by atoms with Crippen LogP contribution in [-0.2, 0) is 31.9 Å². The summed E-state index contributed by atoms with van der Waals surface area (Å²) >= 11 is 0. The van der Waals surface area contributed by atoms with Gasteiger partial charge in [0.15, 0.2) is 0 Å². The fraction of sp³-hybridized carbons (Fsp3) is 0.409. The maximum absolute atomic E-state index is 12.4. The minimum absolute atomic E-state index is 0.0178. The lowest BCUT2D eigenvalue weighted by Crippen LogP contribution is -2.51. The van der Waals surface area contributed by atoms with Crippen LogP contribution in [0.15, 0.2) is 40.1 Å². The molecule has 160 valence electrons. The molecule has 0 saturated heterocycles. The van der Waals surface area contributed by atoms with Gasteiger partial charge in [0.05, 0.1) is 36.6 Å². The van der Waals surface area contributed by atoms with Crippen molar-refractivity contribution in [2.45, 2.75) is 46.1 Å². The number of furan rings is 1. The maximum atomic E-state index is 12.4. The molecule has 8 nitrogen and oxygen atoms in total. The maximum Gasteiger partial charge on any atom is 0.338 e. The molecule has 30 heavy (non-hydrogen) atoms. The first kappa shape index (κ1) is 21.4. The third kappa shape index (κ3) is 4.64. The van der Waals surface area contributed by atoms with Gasteiger partial charge >= 0.3 is 18.0 Å². The average Bonchev–Trinajstić information content (AvgIpc) is 3.13. The van der Waals surface area contributed by atoms with Crippen molar-refractivity contribution in [3.8, 4) is 0 Å². The number of amides is 2. The molecule has 0 unspecified atom stereocenters. The van der Waals surface area contributed by atoms with E-state index in [0.717, 1.165) is 28.5 Å². The summed E-state index contributed by atoms with van der Waals surface area (Å²) in [7, 11) is 0. The number of urea groups is 1. The highest BCUT2D eigenvalue weighted by Gasteiger charge is 2.32. The Kier molecular flexibility index (Phi) is 6.76. The zero-order valence-corrected chi connectivity index (χ0v) is 17.4. The number of aryl methyl sites for hydroxylation is 1. The van der Waals surface area contributed by atoms with Crippen LogP contribution in [0.3, 0.4) is 0 Å². The van der Waals surface area contributed by atoms with Crippen molar-refractivity contribution >= 4 is 28.9 Å². The molecule has 2 amide bonds. The summed E-state index contributed by atoms with van der Waals surface area (Å²) in [6, 6.07) is 4.93. The fourth-order valence-corrected chi connectivity index (χ4v) is 3.42. The van der Waals surface area contributed by atoms with Gasteiger partial charge in [0, 0.05) is 10.9 Å². The van der Waals surface area contributed by atoms with Crippen molar-refractivity contribution in [3.05, 3.63) is 46.9 Å². The van der Waals surface area contributed by atoms with E-state index in [-0.39, 0.29) is 30.9 Å². The molecule has 2 heterocycles. The van der Waals surface area contributed by atoms with Gasteiger partial charge in [-0.25, -0.2) is 9.59 Å². The van der Waals surface area contributed by atoms with Gasteiger partial charge in [-0.05, 0) is 31.4 Å². The average molecular weight is 414 g/mol. The van der Waals surface area contributed by atoms with E-state index in [4.69, 9.17) is 13.9 Å². The minimum Gasteiger partial charge on any atom is -0.464 e. The lowest BCUT2D eigenvalue weighted by Gasteiger charge is -2.28. The summed E-state index contributed by atoms with van der Waals surface area (Å²) in [6.07, 6.45) is 2.96. The molecule has 1 aliphatic heterocycles. The minimum atomic E-state index is -0.546. The van der Waals surface area contributed by atoms with E-state index < -0.39 is 24.0 Å². The van der Waals surface area contributed by atoms with Gasteiger partial charge in [0.2, 0.25) is 0 Å². The van der Waals surface area contributed by atoms with Crippen molar-refractivity contribution in [2.24, 2.45) is 0 Å². The highest BCUT2D eigenvalue weighted by Crippen LogP contribution is 2.24. The van der Waals surface area contributed by atoms with Crippen LogP contribution in [0.25, 0.3) is 11.0 Å². The van der Waals surface area contributed by atoms with Crippen LogP contribution in [0.4, 0.5) is 4.79 Å². The Morgan fingerprint density at radius 1 is 1.17 bits per heavy atom. The van der Waals surface area contributed by atoms with Crippen LogP contribution in [0.2, 0.25) is 0 Å². The summed E-state index contributed by atoms with van der Waals surface area (Å²) < 4.78 is 16.0. The first-order chi connectivity index (χ1) is 14.5. The first-order valence-corrected chi connectivity index (χ1v) is 10.1. The third-order valence-corrected chi connectivity index (χ3v) is 4.99. The predicted octanol–water partition coefficient (Wildman–Crippen LogP) is 2.99. The monoisotopic (exact) mass is 414 g/mol. The third-order valence-electron chi connectivity index (χ3n) is 4.99. The molecule has 1 aromatic carbocycles. The second kappa shape index (κ2) is 9.47. The van der Waals surface area contributed by atoms with Crippen LogP contribution < -0.4 is 10.6 Å². The van der Waals surface area contributed by atoms with Crippen molar-refractivity contribution in [3.63, 3.8) is 0 Å². The highest BCUT2D eigenvalue weighted by atomic mass is 16.5. The lowest BCUT2D eigenvalue weighted by molar-refractivity contribution is -0.143. The van der Waals surface area contributed by atoms with E-state index in [0.29, 0.717) is 6.42 Å². The molecule has 1 aliphatic rings. The number of hydrogen-bond acceptors (Lipinski definition) is 6. The van der Waals surface area contributed by atoms with E-state index in [1.165, 1.54) is 0 Å². The number of benzene rings is 1. The molecular weight excluding hydrogens is 388 g/mol. The van der Waals surface area contributed by atoms with E-state index >= 15 is 0 Å². The van der Waals surface area contributed by atoms with E-state index in [9.17, 15) is 14.4 Å². The van der Waals surface area contributed by atoms with Gasteiger partial charge in [0.1, 0.15) is 12.2 Å². The first-order valence-electron chi connectivity index (χ1n) is 10.1. The van der Waals surface area contributed by atoms with Gasteiger partial charge in [-0.2, -0.15) is 0 Å². The van der Waals surface area contributed by atoms with Crippen molar-refractivity contribution in [1.82, 2.24) is 10.6 Å². The Labute approximate surface area is 174 Å². The van der Waals surface area contributed by atoms with Crippen molar-refractivity contribution in [1.29, 1.82) is 0 Å². The van der Waals surface area contributed by atoms with Crippen LogP contribution in [0.5, 0.6) is 0 Å². The van der Waals surface area contributed by atoms with Gasteiger partial charge in [-0.3, -0.25) is 4.79 Å². The normalized spacial score (nSPS) is 16.2. The summed E-state index contributed by atoms with van der Waals surface area (Å²) in [5.41, 5.74) is 3.10. The zero-order valence-electron chi connectivity index (χ0n) is 17.4. The largest absolute Gasteiger partial charge is 0.464 e. The molecule has 1 aromatic heterocycles. The number of ether oxygens (including phenoxy) is 2. The number of esters is 2. The Bertz CT molecular complexity index is 991. The number of hydrogen-bond donors (Lipinski definition) is 2. The topological polar surface area (TPSA) is 107 Å². The second-order valence-corrected chi connectivity index (χ2v) is 6.95. The molecule has 0 fully saturated rings. The molecule has 2 N–H and O–H groups in total. The zero-order chi connectivity index (χ0) is 21.7. The van der Waals surface area contributed by atoms with Crippen LogP contribution in [0.1, 0.15) is 38.3 Å². The van der Waals surface area contributed by atoms with Crippen LogP contribution >= 0.6 is 0 Å². The van der Waals surface area contributed by atoms with Crippen LogP contribution in [0, 0.1) is 0 Å². The smallest absolute Gasteiger partial charge is 0.338 e. The number of carbonyl (C=O) groups excluding carboxylic acids is 3. The molecule has 0 spiro atoms. The summed E-state index contributed by atoms with van der Waals surface area (Å²) in [5.74, 6) is -1.04. The Hall–Kier alpha value is -3.29. The summed E-state index contributed by atoms with van der Waals surface area (Å²) in [4.78, 5) is 36.7. The quantitative estimate of drug-likeness (QED) is 0.643. The molecule has 3 rings (SSSR count). The number of nitrogens with one attached hydrogen (secondary N) is 2. The van der Waals surface area contributed by atoms with Crippen molar-refractivity contribution in [2.75, 3.05) is 13.2 Å². The van der Waals surface area contributed by atoms with Gasteiger partial charge in [-0.1, -0.05) is 26.0 Å². The second-order valence-electron chi connectivity index (χ2n) is 6.95. The standard InChI is InChI=1S/C22H26N2O6/c1-4-13-7-8-15-14(11-29-18(15)9-13)10-19(25)30-12-17-20(21(26)28-6-3)16(5-2)23-22(27)24-17/h7-9,11,16H,4-6,10,12H2,1-3H3,(H2,23,24,27)/t16-/m0/s1. The van der Waals surface area contributed by atoms with Gasteiger partial charge in [0.25, 0.3) is 0 Å². The van der Waals surface area contributed by atoms with Crippen molar-refractivity contribution < 1.29 is 28.3 Å². The van der Waals surface area contributed by atoms with E-state index in [1.807, 2.05) is 25.1 Å². The Morgan fingerprint density at radius 2 is 1.97 bits per heavy atom. The lowest BCUT2D eigenvalue weighted by atomic mass is 10.0. The van der Waals surface area contributed by atoms with E-state index in [2.05, 4.69) is 17.6 Å². The molecular formula is C22H26N2O6. The molecule has 0 aliphatic carbocycles. The highest BCUT2D eigenvalue weighted by molar-refractivity contribution is 5.95. The molecule has 0 saturated carbocycles. The molecule has 0 radical (unpaired) electrons. The SMILES string of the molecule is CCOC(=O)C1=C(COC(=O)Cc2coc3cc(CC)ccc23)NC(=O)N[C@H]1CC. The Balaban J connectivity index is 1.73. The number of carbonyl (C=O) groups is 3. The molecule has 8 heteroatoms. The molecule has 2 aromatic rings. The van der Waals surface area contributed by atoms with Gasteiger partial charge < -0.3 is 24.5 Å². The Morgan fingerprint density at radius 3 is 2.67 bits per heavy atom.